The van der Waals surface area contributed by atoms with Gasteiger partial charge in [-0.15, -0.1) is 0 Å². The van der Waals surface area contributed by atoms with E-state index in [4.69, 9.17) is 0 Å². The Kier molecular flexibility index (Phi) is 23.2. The molecule has 0 unspecified atom stereocenters. The first kappa shape index (κ1) is 51.6. The molecule has 0 fully saturated rings. The van der Waals surface area contributed by atoms with Crippen molar-refractivity contribution in [2.45, 2.75) is 64.2 Å². The molecule has 16 nitrogen and oxygen atoms in total. The standard InChI is InChI=1S/C46H58F2N6O10/c1-63-43(59)12-5-3-7-24-49-39(55)29-53(31-41(57)51-26-22-33-14-18-37(47)19-15-33)45(61)35-10-9-11-36(28-35)46(62)54(30-40(56)50-25-8-4-6-13-44(60)64-2)32-42(58)52-27-23-34-16-20-38(48)21-17-34/h9-11,14-21,28H,3-8,12-13,22-27,29-32H2,1-2H3,(H,49,55)(H,50,56)(H,51,57)(H,52,58). The van der Waals surface area contributed by atoms with Crippen LogP contribution in [-0.4, -0.2) is 124 Å². The molecule has 0 spiro atoms. The van der Waals surface area contributed by atoms with E-state index in [0.29, 0.717) is 51.4 Å². The van der Waals surface area contributed by atoms with E-state index >= 15 is 0 Å². The number of carbonyl (C=O) groups excluding carboxylic acids is 8. The zero-order chi connectivity index (χ0) is 46.7. The van der Waals surface area contributed by atoms with Gasteiger partial charge in [0, 0.05) is 50.1 Å². The molecule has 0 aromatic heterocycles. The van der Waals surface area contributed by atoms with E-state index < -0.39 is 73.3 Å². The second-order valence-corrected chi connectivity index (χ2v) is 14.8. The Hall–Kier alpha value is -6.72. The van der Waals surface area contributed by atoms with Gasteiger partial charge in [-0.3, -0.25) is 38.4 Å². The lowest BCUT2D eigenvalue weighted by molar-refractivity contribution is -0.141. The summed E-state index contributed by atoms with van der Waals surface area (Å²) >= 11 is 0. The van der Waals surface area contributed by atoms with Crippen LogP contribution in [0.1, 0.15) is 83.2 Å². The minimum Gasteiger partial charge on any atom is -0.469 e. The van der Waals surface area contributed by atoms with Gasteiger partial charge in [0.1, 0.15) is 37.8 Å². The number of nitrogens with one attached hydrogen (secondary N) is 4. The molecule has 6 amide bonds. The van der Waals surface area contributed by atoms with Gasteiger partial charge in [0.05, 0.1) is 14.2 Å². The van der Waals surface area contributed by atoms with E-state index in [-0.39, 0.29) is 62.1 Å². The number of carbonyl (C=O) groups is 8. The van der Waals surface area contributed by atoms with E-state index in [0.717, 1.165) is 20.9 Å². The Morgan fingerprint density at radius 2 is 0.812 bits per heavy atom. The van der Waals surface area contributed by atoms with Crippen molar-refractivity contribution in [3.05, 3.63) is 107 Å². The Balaban J connectivity index is 1.74. The number of hydrogen-bond donors (Lipinski definition) is 4. The lowest BCUT2D eigenvalue weighted by Crippen LogP contribution is -2.46. The fourth-order valence-electron chi connectivity index (χ4n) is 6.26. The number of ether oxygens (including phenoxy) is 2. The normalized spacial score (nSPS) is 10.6. The number of methoxy groups -OCH3 is 2. The SMILES string of the molecule is COC(=O)CCCCCNC(=O)CN(CC(=O)NCCc1ccc(F)cc1)C(=O)c1cccc(C(=O)N(CC(=O)NCCCCCC(=O)OC)CC(=O)NCCc2ccc(F)cc2)c1. The maximum absolute atomic E-state index is 14.0. The molecule has 0 bridgehead atoms. The van der Waals surface area contributed by atoms with Crippen LogP contribution in [0.5, 0.6) is 0 Å². The summed E-state index contributed by atoms with van der Waals surface area (Å²) in [7, 11) is 2.61. The largest absolute Gasteiger partial charge is 0.469 e. The summed E-state index contributed by atoms with van der Waals surface area (Å²) in [6.07, 6.45) is 4.69. The van der Waals surface area contributed by atoms with Gasteiger partial charge in [-0.1, -0.05) is 43.2 Å². The molecular formula is C46H58F2N6O10. The monoisotopic (exact) mass is 892 g/mol. The van der Waals surface area contributed by atoms with Gasteiger partial charge in [0.25, 0.3) is 11.8 Å². The molecule has 0 aliphatic rings. The molecule has 0 heterocycles. The summed E-state index contributed by atoms with van der Waals surface area (Å²) < 4.78 is 36.0. The quantitative estimate of drug-likeness (QED) is 0.0618. The van der Waals surface area contributed by atoms with Gasteiger partial charge >= 0.3 is 11.9 Å². The Morgan fingerprint density at radius 3 is 1.16 bits per heavy atom. The number of rotatable bonds is 28. The molecule has 0 radical (unpaired) electrons. The van der Waals surface area contributed by atoms with Gasteiger partial charge in [0.2, 0.25) is 23.6 Å². The molecule has 64 heavy (non-hydrogen) atoms. The van der Waals surface area contributed by atoms with Crippen LogP contribution >= 0.6 is 0 Å². The van der Waals surface area contributed by atoms with Gasteiger partial charge in [0.15, 0.2) is 0 Å². The van der Waals surface area contributed by atoms with E-state index in [2.05, 4.69) is 30.7 Å². The number of halogens is 2. The second kappa shape index (κ2) is 28.8. The Bertz CT molecular complexity index is 1880. The molecular weight excluding hydrogens is 835 g/mol. The summed E-state index contributed by atoms with van der Waals surface area (Å²) in [6.45, 7) is -1.28. The lowest BCUT2D eigenvalue weighted by atomic mass is 10.1. The van der Waals surface area contributed by atoms with Crippen LogP contribution in [-0.2, 0) is 51.1 Å². The lowest BCUT2D eigenvalue weighted by Gasteiger charge is -2.24. The van der Waals surface area contributed by atoms with E-state index in [1.807, 2.05) is 0 Å². The zero-order valence-corrected chi connectivity index (χ0v) is 36.4. The number of benzene rings is 3. The number of nitrogens with zero attached hydrogens (tertiary/aromatic N) is 2. The van der Waals surface area contributed by atoms with Crippen LogP contribution in [0.4, 0.5) is 8.78 Å². The van der Waals surface area contributed by atoms with Gasteiger partial charge < -0.3 is 40.5 Å². The van der Waals surface area contributed by atoms with Crippen molar-refractivity contribution in [3.63, 3.8) is 0 Å². The maximum Gasteiger partial charge on any atom is 0.305 e. The topological polar surface area (TPSA) is 210 Å². The molecule has 3 rings (SSSR count). The Morgan fingerprint density at radius 1 is 0.469 bits per heavy atom. The van der Waals surface area contributed by atoms with Crippen molar-refractivity contribution in [3.8, 4) is 0 Å². The van der Waals surface area contributed by atoms with Crippen LogP contribution < -0.4 is 21.3 Å². The number of unbranched alkanes of at least 4 members (excludes halogenated alkanes) is 4. The van der Waals surface area contributed by atoms with Crippen molar-refractivity contribution in [1.82, 2.24) is 31.1 Å². The highest BCUT2D eigenvalue weighted by molar-refractivity contribution is 6.03. The molecule has 3 aromatic carbocycles. The highest BCUT2D eigenvalue weighted by Gasteiger charge is 2.25. The smallest absolute Gasteiger partial charge is 0.305 e. The minimum absolute atomic E-state index is 0.0549. The first-order chi connectivity index (χ1) is 30.8. The zero-order valence-electron chi connectivity index (χ0n) is 36.4. The summed E-state index contributed by atoms with van der Waals surface area (Å²) in [6, 6.07) is 17.0. The summed E-state index contributed by atoms with van der Waals surface area (Å²) in [4.78, 5) is 105. The van der Waals surface area contributed by atoms with Crippen molar-refractivity contribution >= 4 is 47.4 Å². The first-order valence-electron chi connectivity index (χ1n) is 21.2. The molecule has 0 aliphatic carbocycles. The molecule has 0 saturated carbocycles. The highest BCUT2D eigenvalue weighted by Crippen LogP contribution is 2.13. The van der Waals surface area contributed by atoms with Crippen LogP contribution in [0, 0.1) is 11.6 Å². The second-order valence-electron chi connectivity index (χ2n) is 14.8. The van der Waals surface area contributed by atoms with Gasteiger partial charge in [-0.2, -0.15) is 0 Å². The third-order valence-corrected chi connectivity index (χ3v) is 9.78. The fourth-order valence-corrected chi connectivity index (χ4v) is 6.26. The third kappa shape index (κ3) is 20.4. The molecule has 18 heteroatoms. The number of amides is 6. The first-order valence-corrected chi connectivity index (χ1v) is 21.2. The van der Waals surface area contributed by atoms with Gasteiger partial charge in [-0.05, 0) is 92.1 Å². The summed E-state index contributed by atoms with van der Waals surface area (Å²) in [5, 5.41) is 10.9. The fraction of sp³-hybridized carbons (Fsp3) is 0.435. The Labute approximate surface area is 371 Å². The highest BCUT2D eigenvalue weighted by atomic mass is 19.1. The molecule has 346 valence electrons. The van der Waals surface area contributed by atoms with Crippen molar-refractivity contribution < 1.29 is 56.6 Å². The minimum atomic E-state index is -0.758. The van der Waals surface area contributed by atoms with Gasteiger partial charge in [-0.25, -0.2) is 8.78 Å². The van der Waals surface area contributed by atoms with Crippen molar-refractivity contribution in [1.29, 1.82) is 0 Å². The number of hydrogen-bond acceptors (Lipinski definition) is 10. The number of esters is 2. The van der Waals surface area contributed by atoms with Crippen LogP contribution in [0.15, 0.2) is 72.8 Å². The van der Waals surface area contributed by atoms with E-state index in [1.54, 1.807) is 24.3 Å². The van der Waals surface area contributed by atoms with E-state index in [9.17, 15) is 47.1 Å². The molecule has 4 N–H and O–H groups in total. The van der Waals surface area contributed by atoms with Crippen LogP contribution in [0.3, 0.4) is 0 Å². The molecule has 0 atom stereocenters. The average Bonchev–Trinajstić information content (AvgIpc) is 3.28. The van der Waals surface area contributed by atoms with Crippen molar-refractivity contribution in [2.75, 3.05) is 66.6 Å². The summed E-state index contributed by atoms with van der Waals surface area (Å²) in [5.41, 5.74) is 1.42. The van der Waals surface area contributed by atoms with Crippen LogP contribution in [0.2, 0.25) is 0 Å². The van der Waals surface area contributed by atoms with Crippen LogP contribution in [0.25, 0.3) is 0 Å². The molecule has 3 aromatic rings. The maximum atomic E-state index is 14.0. The predicted molar refractivity (Wildman–Crippen MR) is 231 cm³/mol. The molecule has 0 saturated heterocycles. The predicted octanol–water partition coefficient (Wildman–Crippen LogP) is 3.27. The molecule has 0 aliphatic heterocycles. The average molecular weight is 893 g/mol. The third-order valence-electron chi connectivity index (χ3n) is 9.78. The van der Waals surface area contributed by atoms with E-state index in [1.165, 1.54) is 62.8 Å². The van der Waals surface area contributed by atoms with Crippen molar-refractivity contribution in [2.24, 2.45) is 0 Å². The summed E-state index contributed by atoms with van der Waals surface area (Å²) in [5.74, 6) is -5.26.